The lowest BCUT2D eigenvalue weighted by atomic mass is 10.0. The molecule has 1 aromatic rings. The zero-order valence-corrected chi connectivity index (χ0v) is 17.0. The third-order valence-electron chi connectivity index (χ3n) is 4.80. The van der Waals surface area contributed by atoms with E-state index in [1.165, 1.54) is 6.42 Å². The first kappa shape index (κ1) is 20.9. The van der Waals surface area contributed by atoms with E-state index in [2.05, 4.69) is 4.72 Å². The van der Waals surface area contributed by atoms with E-state index in [0.717, 1.165) is 44.3 Å². The van der Waals surface area contributed by atoms with Gasteiger partial charge in [-0.25, -0.2) is 8.42 Å². The lowest BCUT2D eigenvalue weighted by Crippen LogP contribution is -2.49. The molecule has 1 fully saturated rings. The summed E-state index contributed by atoms with van der Waals surface area (Å²) in [6.07, 6.45) is 5.97. The summed E-state index contributed by atoms with van der Waals surface area (Å²) in [6.45, 7) is 7.37. The number of carbonyl (C=O) groups is 1. The van der Waals surface area contributed by atoms with Gasteiger partial charge in [0.1, 0.15) is 6.04 Å². The summed E-state index contributed by atoms with van der Waals surface area (Å²) >= 11 is 0. The summed E-state index contributed by atoms with van der Waals surface area (Å²) in [5, 5.41) is 0. The molecule has 2 rings (SSSR count). The molecule has 1 aliphatic rings. The summed E-state index contributed by atoms with van der Waals surface area (Å²) in [5.41, 5.74) is 0.999. The molecule has 0 spiro atoms. The number of nitrogens with zero attached hydrogens (tertiary/aromatic N) is 1. The van der Waals surface area contributed by atoms with E-state index in [0.29, 0.717) is 6.42 Å². The molecule has 146 valence electrons. The van der Waals surface area contributed by atoms with Crippen LogP contribution in [0.2, 0.25) is 0 Å². The molecule has 0 saturated carbocycles. The van der Waals surface area contributed by atoms with Gasteiger partial charge in [0.15, 0.2) is 0 Å². The fourth-order valence-electron chi connectivity index (χ4n) is 3.33. The van der Waals surface area contributed by atoms with Crippen molar-refractivity contribution in [2.75, 3.05) is 13.1 Å². The van der Waals surface area contributed by atoms with Crippen molar-refractivity contribution in [2.24, 2.45) is 5.92 Å². The van der Waals surface area contributed by atoms with Crippen LogP contribution in [0, 0.1) is 12.8 Å². The Hall–Kier alpha value is -1.40. The normalized spacial score (nSPS) is 17.6. The Labute approximate surface area is 158 Å². The minimum atomic E-state index is -3.72. The van der Waals surface area contributed by atoms with Crippen molar-refractivity contribution < 1.29 is 13.2 Å². The average Bonchev–Trinajstić information content (AvgIpc) is 2.53. The van der Waals surface area contributed by atoms with E-state index in [9.17, 15) is 13.2 Å². The number of benzene rings is 1. The monoisotopic (exact) mass is 380 g/mol. The van der Waals surface area contributed by atoms with E-state index < -0.39 is 16.1 Å². The van der Waals surface area contributed by atoms with Gasteiger partial charge in [0.25, 0.3) is 0 Å². The Morgan fingerprint density at radius 3 is 2.12 bits per heavy atom. The molecular weight excluding hydrogens is 348 g/mol. The fraction of sp³-hybridized carbons (Fsp3) is 0.650. The molecule has 1 aromatic carbocycles. The second-order valence-corrected chi connectivity index (χ2v) is 9.42. The van der Waals surface area contributed by atoms with Crippen molar-refractivity contribution in [1.29, 1.82) is 0 Å². The molecule has 0 unspecified atom stereocenters. The number of sulfonamides is 1. The number of hydrogen-bond donors (Lipinski definition) is 1. The van der Waals surface area contributed by atoms with Gasteiger partial charge in [-0.15, -0.1) is 0 Å². The largest absolute Gasteiger partial charge is 0.341 e. The lowest BCUT2D eigenvalue weighted by molar-refractivity contribution is -0.133. The molecule has 6 heteroatoms. The third-order valence-corrected chi connectivity index (χ3v) is 6.29. The molecule has 1 heterocycles. The van der Waals surface area contributed by atoms with E-state index in [4.69, 9.17) is 0 Å². The predicted molar refractivity (Wildman–Crippen MR) is 104 cm³/mol. The van der Waals surface area contributed by atoms with Gasteiger partial charge in [0, 0.05) is 13.1 Å². The molecule has 1 amide bonds. The maximum atomic E-state index is 13.1. The minimum Gasteiger partial charge on any atom is -0.341 e. The van der Waals surface area contributed by atoms with Crippen LogP contribution in [0.25, 0.3) is 0 Å². The Kier molecular flexibility index (Phi) is 7.65. The molecule has 1 atom stereocenters. The van der Waals surface area contributed by atoms with Gasteiger partial charge in [-0.1, -0.05) is 50.8 Å². The number of aryl methyl sites for hydroxylation is 1. The highest BCUT2D eigenvalue weighted by molar-refractivity contribution is 7.89. The van der Waals surface area contributed by atoms with Crippen LogP contribution >= 0.6 is 0 Å². The quantitative estimate of drug-likeness (QED) is 0.822. The third kappa shape index (κ3) is 6.09. The van der Waals surface area contributed by atoms with Gasteiger partial charge in [0.2, 0.25) is 15.9 Å². The van der Waals surface area contributed by atoms with Crippen LogP contribution in [-0.2, 0) is 14.8 Å². The molecule has 0 bridgehead atoms. The van der Waals surface area contributed by atoms with Crippen LogP contribution in [0.4, 0.5) is 0 Å². The summed E-state index contributed by atoms with van der Waals surface area (Å²) in [5.74, 6) is 0.135. The molecule has 0 aromatic heterocycles. The Balaban J connectivity index is 2.17. The van der Waals surface area contributed by atoms with Gasteiger partial charge < -0.3 is 4.90 Å². The number of nitrogens with one attached hydrogen (secondary N) is 1. The van der Waals surface area contributed by atoms with Crippen LogP contribution in [0.5, 0.6) is 0 Å². The Bertz CT molecular complexity index is 676. The number of amides is 1. The van der Waals surface area contributed by atoms with E-state index >= 15 is 0 Å². The average molecular weight is 381 g/mol. The molecule has 5 nitrogen and oxygen atoms in total. The summed E-state index contributed by atoms with van der Waals surface area (Å²) in [4.78, 5) is 15.1. The first-order chi connectivity index (χ1) is 12.3. The lowest BCUT2D eigenvalue weighted by Gasteiger charge is -2.30. The Morgan fingerprint density at radius 1 is 1.04 bits per heavy atom. The van der Waals surface area contributed by atoms with Gasteiger partial charge in [-0.3, -0.25) is 4.79 Å². The van der Waals surface area contributed by atoms with Crippen molar-refractivity contribution >= 4 is 15.9 Å². The zero-order valence-electron chi connectivity index (χ0n) is 16.2. The molecule has 0 aliphatic carbocycles. The molecule has 0 radical (unpaired) electrons. The maximum Gasteiger partial charge on any atom is 0.241 e. The van der Waals surface area contributed by atoms with Crippen molar-refractivity contribution in [3.63, 3.8) is 0 Å². The molecule has 26 heavy (non-hydrogen) atoms. The second-order valence-electron chi connectivity index (χ2n) is 7.71. The van der Waals surface area contributed by atoms with E-state index in [1.807, 2.05) is 25.7 Å². The first-order valence-corrected chi connectivity index (χ1v) is 11.2. The van der Waals surface area contributed by atoms with Crippen molar-refractivity contribution in [2.45, 2.75) is 70.2 Å². The smallest absolute Gasteiger partial charge is 0.241 e. The maximum absolute atomic E-state index is 13.1. The van der Waals surface area contributed by atoms with Crippen LogP contribution < -0.4 is 4.72 Å². The van der Waals surface area contributed by atoms with Crippen LogP contribution in [0.3, 0.4) is 0 Å². The van der Waals surface area contributed by atoms with Crippen molar-refractivity contribution in [1.82, 2.24) is 9.62 Å². The summed E-state index contributed by atoms with van der Waals surface area (Å²) < 4.78 is 28.2. The molecule has 1 saturated heterocycles. The summed E-state index contributed by atoms with van der Waals surface area (Å²) in [6, 6.07) is 6.01. The zero-order chi connectivity index (χ0) is 19.2. The van der Waals surface area contributed by atoms with E-state index in [-0.39, 0.29) is 16.7 Å². The standard InChI is InChI=1S/C20H32N2O3S/c1-16(2)15-19(20(23)22-13-7-5-4-6-8-14-22)21-26(24,25)18-11-9-17(3)10-12-18/h9-12,16,19,21H,4-8,13-15H2,1-3H3/t19-/m1/s1. The highest BCUT2D eigenvalue weighted by atomic mass is 32.2. The second kappa shape index (κ2) is 9.51. The number of carbonyl (C=O) groups excluding carboxylic acids is 1. The molecule has 1 aliphatic heterocycles. The number of hydrogen-bond acceptors (Lipinski definition) is 3. The van der Waals surface area contributed by atoms with Crippen molar-refractivity contribution in [3.8, 4) is 0 Å². The predicted octanol–water partition coefficient (Wildman–Crippen LogP) is 3.48. The highest BCUT2D eigenvalue weighted by Crippen LogP contribution is 2.17. The summed E-state index contributed by atoms with van der Waals surface area (Å²) in [7, 11) is -3.72. The molecule has 1 N–H and O–H groups in total. The van der Waals surface area contributed by atoms with Crippen LogP contribution in [0.15, 0.2) is 29.2 Å². The van der Waals surface area contributed by atoms with Crippen molar-refractivity contribution in [3.05, 3.63) is 29.8 Å². The van der Waals surface area contributed by atoms with Crippen LogP contribution in [-0.4, -0.2) is 38.4 Å². The topological polar surface area (TPSA) is 66.5 Å². The minimum absolute atomic E-state index is 0.0868. The van der Waals surface area contributed by atoms with E-state index in [1.54, 1.807) is 24.3 Å². The first-order valence-electron chi connectivity index (χ1n) is 9.67. The Morgan fingerprint density at radius 2 is 1.58 bits per heavy atom. The number of rotatable bonds is 6. The van der Waals surface area contributed by atoms with Gasteiger partial charge in [-0.05, 0) is 44.2 Å². The highest BCUT2D eigenvalue weighted by Gasteiger charge is 2.30. The number of likely N-dealkylation sites (tertiary alicyclic amines) is 1. The molecular formula is C20H32N2O3S. The van der Waals surface area contributed by atoms with Gasteiger partial charge in [-0.2, -0.15) is 4.72 Å². The van der Waals surface area contributed by atoms with Gasteiger partial charge in [0.05, 0.1) is 4.90 Å². The SMILES string of the molecule is Cc1ccc(S(=O)(=O)N[C@H](CC(C)C)C(=O)N2CCCCCCC2)cc1. The fourth-order valence-corrected chi connectivity index (χ4v) is 4.53. The van der Waals surface area contributed by atoms with Gasteiger partial charge >= 0.3 is 0 Å². The van der Waals surface area contributed by atoms with Crippen LogP contribution in [0.1, 0.15) is 57.9 Å².